The fourth-order valence-corrected chi connectivity index (χ4v) is 2.60. The van der Waals surface area contributed by atoms with E-state index >= 15 is 0 Å². The molecule has 21 heavy (non-hydrogen) atoms. The summed E-state index contributed by atoms with van der Waals surface area (Å²) in [7, 11) is 0. The topological polar surface area (TPSA) is 38.3 Å². The molecule has 1 aliphatic rings. The lowest BCUT2D eigenvalue weighted by molar-refractivity contribution is -0.121. The maximum atomic E-state index is 11.8. The van der Waals surface area contributed by atoms with Crippen LogP contribution in [0.2, 0.25) is 0 Å². The lowest BCUT2D eigenvalue weighted by Gasteiger charge is -2.37. The van der Waals surface area contributed by atoms with Gasteiger partial charge in [0.2, 0.25) is 0 Å². The molecule has 0 amide bonds. The summed E-state index contributed by atoms with van der Waals surface area (Å²) in [5, 5.41) is 3.52. The lowest BCUT2D eigenvalue weighted by Crippen LogP contribution is -2.49. The van der Waals surface area contributed by atoms with Gasteiger partial charge < -0.3 is 10.1 Å². The van der Waals surface area contributed by atoms with Crippen LogP contribution in [0, 0.1) is 5.92 Å². The van der Waals surface area contributed by atoms with Crippen LogP contribution >= 0.6 is 0 Å². The highest BCUT2D eigenvalue weighted by Crippen LogP contribution is 2.27. The van der Waals surface area contributed by atoms with Crippen LogP contribution in [0.1, 0.15) is 46.1 Å². The second-order valence-electron chi connectivity index (χ2n) is 6.67. The Bertz CT molecular complexity index is 476. The Kier molecular flexibility index (Phi) is 5.40. The number of carbonyl (C=O) groups excluding carboxylic acids is 1. The quantitative estimate of drug-likeness (QED) is 0.836. The summed E-state index contributed by atoms with van der Waals surface area (Å²) in [6.07, 6.45) is 2.93. The Morgan fingerprint density at radius 1 is 1.29 bits per heavy atom. The first-order valence-corrected chi connectivity index (χ1v) is 7.98. The molecule has 0 saturated heterocycles. The minimum absolute atomic E-state index is 0.0871. The van der Waals surface area contributed by atoms with Crippen LogP contribution in [0.4, 0.5) is 0 Å². The Hall–Kier alpha value is -1.35. The lowest BCUT2D eigenvalue weighted by atomic mass is 9.88. The molecule has 1 aromatic rings. The smallest absolute Gasteiger partial charge is 0.139 e. The Labute approximate surface area is 128 Å². The molecule has 1 N–H and O–H groups in total. The number of Topliss-reactive ketones (excluding diaryl/α,β-unsaturated/α-hetero) is 1. The number of ether oxygens (including phenoxy) is 1. The van der Waals surface area contributed by atoms with Crippen LogP contribution in [-0.2, 0) is 11.2 Å². The summed E-state index contributed by atoms with van der Waals surface area (Å²) in [4.78, 5) is 11.8. The molecule has 0 unspecified atom stereocenters. The molecule has 1 aromatic carbocycles. The molecular formula is C18H27NO2. The third kappa shape index (κ3) is 4.85. The van der Waals surface area contributed by atoms with Crippen LogP contribution in [-0.4, -0.2) is 24.0 Å². The Balaban J connectivity index is 1.84. The van der Waals surface area contributed by atoms with E-state index in [1.165, 1.54) is 0 Å². The molecule has 0 atom stereocenters. The van der Waals surface area contributed by atoms with Gasteiger partial charge in [-0.3, -0.25) is 4.79 Å². The van der Waals surface area contributed by atoms with Gasteiger partial charge in [-0.15, -0.1) is 0 Å². The van der Waals surface area contributed by atoms with Gasteiger partial charge in [0.05, 0.1) is 0 Å². The molecule has 116 valence electrons. The van der Waals surface area contributed by atoms with E-state index < -0.39 is 0 Å². The summed E-state index contributed by atoms with van der Waals surface area (Å²) in [6.45, 7) is 8.23. The molecule has 0 spiro atoms. The van der Waals surface area contributed by atoms with Gasteiger partial charge in [-0.2, -0.15) is 0 Å². The van der Waals surface area contributed by atoms with Gasteiger partial charge in [0.25, 0.3) is 0 Å². The molecule has 0 bridgehead atoms. The van der Waals surface area contributed by atoms with Gasteiger partial charge in [0, 0.05) is 24.4 Å². The zero-order chi connectivity index (χ0) is 15.4. The summed E-state index contributed by atoms with van der Waals surface area (Å²) < 4.78 is 5.99. The second kappa shape index (κ2) is 7.08. The average Bonchev–Trinajstić information content (AvgIpc) is 2.36. The number of rotatable bonds is 7. The van der Waals surface area contributed by atoms with Crippen LogP contribution in [0.25, 0.3) is 0 Å². The van der Waals surface area contributed by atoms with Crippen molar-refractivity contribution in [1.82, 2.24) is 5.32 Å². The van der Waals surface area contributed by atoms with Crippen molar-refractivity contribution in [1.29, 1.82) is 0 Å². The van der Waals surface area contributed by atoms with Crippen molar-refractivity contribution in [2.75, 3.05) is 0 Å². The Morgan fingerprint density at radius 3 is 2.62 bits per heavy atom. The molecule has 0 heterocycles. The number of benzene rings is 1. The van der Waals surface area contributed by atoms with Crippen molar-refractivity contribution in [3.05, 3.63) is 29.8 Å². The van der Waals surface area contributed by atoms with E-state index in [1.54, 1.807) is 0 Å². The number of ketones is 1. The number of nitrogens with one attached hydrogen (secondary N) is 1. The van der Waals surface area contributed by atoms with Gasteiger partial charge in [-0.1, -0.05) is 39.8 Å². The van der Waals surface area contributed by atoms with E-state index in [1.807, 2.05) is 38.1 Å². The van der Waals surface area contributed by atoms with Crippen molar-refractivity contribution in [3.8, 4) is 5.75 Å². The fourth-order valence-electron chi connectivity index (χ4n) is 2.60. The van der Waals surface area contributed by atoms with Crippen LogP contribution in [0.15, 0.2) is 24.3 Å². The van der Waals surface area contributed by atoms with E-state index in [4.69, 9.17) is 4.74 Å². The molecule has 3 heteroatoms. The molecule has 1 saturated carbocycles. The average molecular weight is 289 g/mol. The molecule has 1 aliphatic carbocycles. The largest absolute Gasteiger partial charge is 0.490 e. The van der Waals surface area contributed by atoms with E-state index in [-0.39, 0.29) is 11.7 Å². The fraction of sp³-hybridized carbons (Fsp3) is 0.611. The predicted molar refractivity (Wildman–Crippen MR) is 85.7 cm³/mol. The van der Waals surface area contributed by atoms with Crippen LogP contribution in [0.5, 0.6) is 5.75 Å². The first kappa shape index (κ1) is 16.0. The van der Waals surface area contributed by atoms with Gasteiger partial charge in [-0.05, 0) is 30.5 Å². The first-order chi connectivity index (χ1) is 9.94. The zero-order valence-electron chi connectivity index (χ0n) is 13.6. The maximum absolute atomic E-state index is 11.8. The van der Waals surface area contributed by atoms with E-state index in [9.17, 15) is 4.79 Å². The van der Waals surface area contributed by atoms with Gasteiger partial charge in [-0.25, -0.2) is 0 Å². The van der Waals surface area contributed by atoms with Gasteiger partial charge in [0.15, 0.2) is 0 Å². The molecule has 1 fully saturated rings. The van der Waals surface area contributed by atoms with E-state index in [2.05, 4.69) is 19.2 Å². The Morgan fingerprint density at radius 2 is 2.00 bits per heavy atom. The first-order valence-electron chi connectivity index (χ1n) is 7.98. The number of hydrogen-bond acceptors (Lipinski definition) is 3. The van der Waals surface area contributed by atoms with Crippen molar-refractivity contribution >= 4 is 5.78 Å². The minimum atomic E-state index is 0.0871. The molecule has 0 aliphatic heterocycles. The highest BCUT2D eigenvalue weighted by molar-refractivity contribution is 5.82. The number of hydrogen-bond donors (Lipinski definition) is 1. The van der Waals surface area contributed by atoms with Crippen LogP contribution in [0.3, 0.4) is 0 Å². The van der Waals surface area contributed by atoms with Crippen molar-refractivity contribution < 1.29 is 9.53 Å². The zero-order valence-corrected chi connectivity index (χ0v) is 13.6. The molecule has 0 radical (unpaired) electrons. The third-order valence-corrected chi connectivity index (χ3v) is 3.89. The summed E-state index contributed by atoms with van der Waals surface area (Å²) in [5.41, 5.74) is 1.04. The van der Waals surface area contributed by atoms with Gasteiger partial charge in [0.1, 0.15) is 17.6 Å². The third-order valence-electron chi connectivity index (χ3n) is 3.89. The van der Waals surface area contributed by atoms with Gasteiger partial charge >= 0.3 is 0 Å². The highest BCUT2D eigenvalue weighted by Gasteiger charge is 2.30. The number of carbonyl (C=O) groups is 1. The molecule has 2 rings (SSSR count). The minimum Gasteiger partial charge on any atom is -0.490 e. The molecule has 0 aromatic heterocycles. The highest BCUT2D eigenvalue weighted by atomic mass is 16.5. The maximum Gasteiger partial charge on any atom is 0.139 e. The standard InChI is InChI=1S/C18H27NO2/c1-12(2)18(20)9-14-6-5-7-16(8-14)21-17-10-15(11-17)19-13(3)4/h5-8,12-13,15,17,19H,9-11H2,1-4H3. The van der Waals surface area contributed by atoms with Crippen molar-refractivity contribution in [3.63, 3.8) is 0 Å². The normalized spacial score (nSPS) is 21.4. The van der Waals surface area contributed by atoms with Crippen molar-refractivity contribution in [2.24, 2.45) is 5.92 Å². The van der Waals surface area contributed by atoms with Crippen LogP contribution < -0.4 is 10.1 Å². The predicted octanol–water partition coefficient (Wildman–Crippen LogP) is 3.36. The summed E-state index contributed by atoms with van der Waals surface area (Å²) >= 11 is 0. The summed E-state index contributed by atoms with van der Waals surface area (Å²) in [6, 6.07) is 9.07. The monoisotopic (exact) mass is 289 g/mol. The molecule has 3 nitrogen and oxygen atoms in total. The SMILES string of the molecule is CC(C)NC1CC(Oc2cccc(CC(=O)C(C)C)c2)C1. The van der Waals surface area contributed by atoms with E-state index in [0.29, 0.717) is 24.6 Å². The second-order valence-corrected chi connectivity index (χ2v) is 6.67. The molecular weight excluding hydrogens is 262 g/mol. The van der Waals surface area contributed by atoms with E-state index in [0.717, 1.165) is 24.2 Å². The summed E-state index contributed by atoms with van der Waals surface area (Å²) in [5.74, 6) is 1.25. The van der Waals surface area contributed by atoms with Crippen molar-refractivity contribution in [2.45, 2.75) is 65.1 Å².